The summed E-state index contributed by atoms with van der Waals surface area (Å²) >= 11 is 5.78. The van der Waals surface area contributed by atoms with Crippen molar-refractivity contribution in [3.8, 4) is 5.88 Å². The molecule has 1 aliphatic rings. The third kappa shape index (κ3) is 1.34. The third-order valence-corrected chi connectivity index (χ3v) is 2.71. The van der Waals surface area contributed by atoms with E-state index in [1.54, 1.807) is 13.3 Å². The Morgan fingerprint density at radius 1 is 1.50 bits per heavy atom. The molecule has 3 heterocycles. The molecule has 0 saturated carbocycles. The van der Waals surface area contributed by atoms with Gasteiger partial charge in [0.1, 0.15) is 11.0 Å². The van der Waals surface area contributed by atoms with Gasteiger partial charge in [0.2, 0.25) is 11.2 Å². The average molecular weight is 241 g/mol. The molecule has 0 bridgehead atoms. The molecule has 0 aromatic carbocycles. The van der Waals surface area contributed by atoms with E-state index in [0.29, 0.717) is 24.6 Å². The van der Waals surface area contributed by atoms with Crippen LogP contribution in [0.15, 0.2) is 6.20 Å². The number of nitrogens with zero attached hydrogens (tertiary/aromatic N) is 4. The first kappa shape index (κ1) is 9.80. The number of methoxy groups -OCH3 is 1. The Bertz CT molecular complexity index is 538. The van der Waals surface area contributed by atoms with E-state index in [1.807, 2.05) is 4.68 Å². The molecule has 1 aliphatic heterocycles. The maximum absolute atomic E-state index is 5.78. The fraction of sp³-hybridized carbons (Fsp3) is 0.444. The molecule has 6 nitrogen and oxygen atoms in total. The lowest BCUT2D eigenvalue weighted by atomic mass is 10.2. The normalized spacial score (nSPS) is 16.4. The molecule has 1 fully saturated rings. The van der Waals surface area contributed by atoms with Crippen LogP contribution < -0.4 is 4.74 Å². The Morgan fingerprint density at radius 2 is 2.31 bits per heavy atom. The minimum atomic E-state index is 0.161. The number of halogens is 1. The van der Waals surface area contributed by atoms with Gasteiger partial charge in [-0.05, 0) is 11.6 Å². The van der Waals surface area contributed by atoms with Crippen LogP contribution >= 0.6 is 11.6 Å². The van der Waals surface area contributed by atoms with E-state index >= 15 is 0 Å². The minimum absolute atomic E-state index is 0.161. The zero-order valence-corrected chi connectivity index (χ0v) is 9.31. The van der Waals surface area contributed by atoms with Crippen molar-refractivity contribution in [2.45, 2.75) is 6.04 Å². The highest BCUT2D eigenvalue weighted by Crippen LogP contribution is 2.28. The van der Waals surface area contributed by atoms with Crippen molar-refractivity contribution in [3.05, 3.63) is 11.5 Å². The molecule has 0 atom stereocenters. The van der Waals surface area contributed by atoms with Crippen molar-refractivity contribution in [1.82, 2.24) is 19.7 Å². The van der Waals surface area contributed by atoms with Crippen molar-refractivity contribution < 1.29 is 9.47 Å². The van der Waals surface area contributed by atoms with E-state index in [2.05, 4.69) is 15.1 Å². The van der Waals surface area contributed by atoms with E-state index in [0.717, 1.165) is 5.52 Å². The Hall–Kier alpha value is -1.40. The van der Waals surface area contributed by atoms with Gasteiger partial charge in [-0.1, -0.05) is 0 Å². The molecule has 0 aliphatic carbocycles. The molecule has 2 aromatic rings. The van der Waals surface area contributed by atoms with Crippen LogP contribution in [0.5, 0.6) is 5.88 Å². The second-order valence-electron chi connectivity index (χ2n) is 3.52. The van der Waals surface area contributed by atoms with Crippen LogP contribution in [0, 0.1) is 0 Å². The van der Waals surface area contributed by atoms with E-state index in [4.69, 9.17) is 21.1 Å². The molecule has 16 heavy (non-hydrogen) atoms. The monoisotopic (exact) mass is 240 g/mol. The summed E-state index contributed by atoms with van der Waals surface area (Å²) in [6.45, 7) is 1.31. The Morgan fingerprint density at radius 3 is 2.94 bits per heavy atom. The molecule has 84 valence electrons. The van der Waals surface area contributed by atoms with Gasteiger partial charge in [-0.25, -0.2) is 9.67 Å². The molecule has 0 spiro atoms. The van der Waals surface area contributed by atoms with E-state index in [-0.39, 0.29) is 11.3 Å². The molecular weight excluding hydrogens is 232 g/mol. The standard InChI is InChI=1S/C9H9ClN4O2/c1-15-8-7-6(12-9(10)13-8)2-11-14(7)5-3-16-4-5/h2,5H,3-4H2,1H3. The largest absolute Gasteiger partial charge is 0.479 e. The fourth-order valence-electron chi connectivity index (χ4n) is 1.69. The van der Waals surface area contributed by atoms with Gasteiger partial charge in [-0.2, -0.15) is 10.1 Å². The van der Waals surface area contributed by atoms with Crippen molar-refractivity contribution >= 4 is 22.6 Å². The molecule has 3 rings (SSSR count). The summed E-state index contributed by atoms with van der Waals surface area (Å²) < 4.78 is 12.2. The van der Waals surface area contributed by atoms with Crippen LogP contribution in [0.3, 0.4) is 0 Å². The predicted octanol–water partition coefficient (Wildman–Crippen LogP) is 1.06. The maximum atomic E-state index is 5.78. The fourth-order valence-corrected chi connectivity index (χ4v) is 1.86. The van der Waals surface area contributed by atoms with Crippen LogP contribution in [-0.2, 0) is 4.74 Å². The highest BCUT2D eigenvalue weighted by molar-refractivity contribution is 6.28. The summed E-state index contributed by atoms with van der Waals surface area (Å²) in [4.78, 5) is 8.12. The number of hydrogen-bond acceptors (Lipinski definition) is 5. The Kier molecular flexibility index (Phi) is 2.19. The first-order valence-corrected chi connectivity index (χ1v) is 5.20. The van der Waals surface area contributed by atoms with Crippen LogP contribution in [0.1, 0.15) is 6.04 Å². The highest BCUT2D eigenvalue weighted by atomic mass is 35.5. The summed E-state index contributed by atoms with van der Waals surface area (Å²) in [6.07, 6.45) is 1.66. The number of hydrogen-bond donors (Lipinski definition) is 0. The molecule has 2 aromatic heterocycles. The first-order chi connectivity index (χ1) is 7.79. The zero-order valence-electron chi connectivity index (χ0n) is 8.55. The Labute approximate surface area is 96.1 Å². The van der Waals surface area contributed by atoms with Gasteiger partial charge in [0.25, 0.3) is 0 Å². The summed E-state index contributed by atoms with van der Waals surface area (Å²) in [5.74, 6) is 0.444. The van der Waals surface area contributed by atoms with Gasteiger partial charge in [0.15, 0.2) is 0 Å². The zero-order chi connectivity index (χ0) is 11.1. The van der Waals surface area contributed by atoms with Gasteiger partial charge in [0, 0.05) is 0 Å². The predicted molar refractivity (Wildman–Crippen MR) is 56.7 cm³/mol. The lowest BCUT2D eigenvalue weighted by molar-refractivity contribution is -0.0268. The summed E-state index contributed by atoms with van der Waals surface area (Å²) in [7, 11) is 1.55. The van der Waals surface area contributed by atoms with Crippen molar-refractivity contribution in [3.63, 3.8) is 0 Å². The molecule has 1 saturated heterocycles. The van der Waals surface area contributed by atoms with Crippen molar-refractivity contribution in [2.75, 3.05) is 20.3 Å². The number of fused-ring (bicyclic) bond motifs is 1. The van der Waals surface area contributed by atoms with E-state index < -0.39 is 0 Å². The number of rotatable bonds is 2. The number of aromatic nitrogens is 4. The molecular formula is C9H9ClN4O2. The van der Waals surface area contributed by atoms with Gasteiger partial charge in [0.05, 0.1) is 32.6 Å². The molecule has 0 radical (unpaired) electrons. The van der Waals surface area contributed by atoms with Crippen molar-refractivity contribution in [1.29, 1.82) is 0 Å². The van der Waals surface area contributed by atoms with Crippen LogP contribution in [0.4, 0.5) is 0 Å². The average Bonchev–Trinajstić information content (AvgIpc) is 2.58. The first-order valence-electron chi connectivity index (χ1n) is 4.82. The van der Waals surface area contributed by atoms with E-state index in [9.17, 15) is 0 Å². The van der Waals surface area contributed by atoms with Gasteiger partial charge >= 0.3 is 0 Å². The van der Waals surface area contributed by atoms with Gasteiger partial charge < -0.3 is 9.47 Å². The van der Waals surface area contributed by atoms with Crippen LogP contribution in [-0.4, -0.2) is 40.1 Å². The lowest BCUT2D eigenvalue weighted by Crippen LogP contribution is -2.31. The second-order valence-corrected chi connectivity index (χ2v) is 3.85. The summed E-state index contributed by atoms with van der Waals surface area (Å²) in [6, 6.07) is 0.233. The van der Waals surface area contributed by atoms with Gasteiger partial charge in [-0.3, -0.25) is 0 Å². The molecule has 0 unspecified atom stereocenters. The van der Waals surface area contributed by atoms with Crippen molar-refractivity contribution in [2.24, 2.45) is 0 Å². The number of ether oxygens (including phenoxy) is 2. The molecule has 7 heteroatoms. The SMILES string of the molecule is COc1nc(Cl)nc2cnn(C3COC3)c12. The molecule has 0 N–H and O–H groups in total. The maximum Gasteiger partial charge on any atom is 0.244 e. The minimum Gasteiger partial charge on any atom is -0.479 e. The Balaban J connectivity index is 2.22. The quantitative estimate of drug-likeness (QED) is 0.735. The summed E-state index contributed by atoms with van der Waals surface area (Å²) in [5.41, 5.74) is 1.45. The lowest BCUT2D eigenvalue weighted by Gasteiger charge is -2.26. The smallest absolute Gasteiger partial charge is 0.244 e. The molecule has 0 amide bonds. The van der Waals surface area contributed by atoms with E-state index in [1.165, 1.54) is 0 Å². The van der Waals surface area contributed by atoms with Gasteiger partial charge in [-0.15, -0.1) is 0 Å². The topological polar surface area (TPSA) is 62.1 Å². The highest BCUT2D eigenvalue weighted by Gasteiger charge is 2.25. The third-order valence-electron chi connectivity index (χ3n) is 2.54. The van der Waals surface area contributed by atoms with Crippen LogP contribution in [0.25, 0.3) is 11.0 Å². The van der Waals surface area contributed by atoms with Crippen LogP contribution in [0.2, 0.25) is 5.28 Å². The summed E-state index contributed by atoms with van der Waals surface area (Å²) in [5, 5.41) is 4.42. The second kappa shape index (κ2) is 3.57.